The maximum absolute atomic E-state index is 12.2. The second-order valence-corrected chi connectivity index (χ2v) is 4.85. The second-order valence-electron chi connectivity index (χ2n) is 4.44. The van der Waals surface area contributed by atoms with E-state index in [1.807, 2.05) is 6.92 Å². The van der Waals surface area contributed by atoms with Crippen molar-refractivity contribution in [1.29, 1.82) is 0 Å². The Hall–Kier alpha value is -2.14. The molecule has 21 heavy (non-hydrogen) atoms. The van der Waals surface area contributed by atoms with Crippen LogP contribution in [0.4, 0.5) is 5.69 Å². The smallest absolute Gasteiger partial charge is 0.259 e. The van der Waals surface area contributed by atoms with Gasteiger partial charge in [0.15, 0.2) is 0 Å². The third-order valence-corrected chi connectivity index (χ3v) is 3.30. The second kappa shape index (κ2) is 6.54. The van der Waals surface area contributed by atoms with Crippen molar-refractivity contribution < 1.29 is 9.53 Å². The number of aromatic nitrogens is 2. The Kier molecular flexibility index (Phi) is 4.75. The molecule has 1 heterocycles. The Labute approximate surface area is 128 Å². The lowest BCUT2D eigenvalue weighted by molar-refractivity contribution is 0.102. The molecule has 1 aromatic heterocycles. The van der Waals surface area contributed by atoms with E-state index in [4.69, 9.17) is 16.3 Å². The topological polar surface area (TPSA) is 64.1 Å². The van der Waals surface area contributed by atoms with Crippen molar-refractivity contribution in [2.75, 3.05) is 12.4 Å². The number of aryl methyl sites for hydroxylation is 2. The summed E-state index contributed by atoms with van der Waals surface area (Å²) in [5.74, 6) is 1.01. The predicted octanol–water partition coefficient (Wildman–Crippen LogP) is 3.26. The molecule has 110 valence electrons. The van der Waals surface area contributed by atoms with E-state index in [9.17, 15) is 4.79 Å². The molecule has 0 unspecified atom stereocenters. The predicted molar refractivity (Wildman–Crippen MR) is 82.1 cm³/mol. The van der Waals surface area contributed by atoms with Crippen LogP contribution in [0.3, 0.4) is 0 Å². The van der Waals surface area contributed by atoms with Crippen LogP contribution in [0, 0.1) is 6.92 Å². The Morgan fingerprint density at radius 2 is 2.19 bits per heavy atom. The summed E-state index contributed by atoms with van der Waals surface area (Å²) in [5.41, 5.74) is 1.68. The molecule has 2 aromatic rings. The summed E-state index contributed by atoms with van der Waals surface area (Å²) in [6.45, 7) is 3.75. The Morgan fingerprint density at radius 1 is 1.43 bits per heavy atom. The van der Waals surface area contributed by atoms with Crippen molar-refractivity contribution in [3.8, 4) is 5.75 Å². The molecule has 0 spiro atoms. The van der Waals surface area contributed by atoms with Gasteiger partial charge in [-0.2, -0.15) is 0 Å². The van der Waals surface area contributed by atoms with Gasteiger partial charge in [-0.3, -0.25) is 4.79 Å². The number of nitrogens with zero attached hydrogens (tertiary/aromatic N) is 2. The number of rotatable bonds is 4. The molecule has 0 bridgehead atoms. The zero-order chi connectivity index (χ0) is 15.4. The first-order chi connectivity index (χ1) is 10.0. The van der Waals surface area contributed by atoms with Gasteiger partial charge in [-0.1, -0.05) is 18.5 Å². The molecular formula is C15H16ClN3O2. The number of hydrogen-bond acceptors (Lipinski definition) is 4. The number of methoxy groups -OCH3 is 1. The highest BCUT2D eigenvalue weighted by atomic mass is 35.5. The van der Waals surface area contributed by atoms with Crippen molar-refractivity contribution in [3.05, 3.63) is 46.5 Å². The Balaban J connectivity index is 2.20. The van der Waals surface area contributed by atoms with E-state index in [-0.39, 0.29) is 5.91 Å². The Bertz CT molecular complexity index is 674. The van der Waals surface area contributed by atoms with Gasteiger partial charge in [-0.05, 0) is 25.1 Å². The van der Waals surface area contributed by atoms with E-state index in [1.165, 1.54) is 7.11 Å². The van der Waals surface area contributed by atoms with Crippen LogP contribution < -0.4 is 10.1 Å². The van der Waals surface area contributed by atoms with Crippen LogP contribution in [0.15, 0.2) is 24.4 Å². The van der Waals surface area contributed by atoms with Crippen molar-refractivity contribution in [2.45, 2.75) is 20.3 Å². The van der Waals surface area contributed by atoms with Crippen LogP contribution in [0.25, 0.3) is 0 Å². The van der Waals surface area contributed by atoms with Crippen molar-refractivity contribution in [3.63, 3.8) is 0 Å². The number of carbonyl (C=O) groups excluding carboxylic acids is 1. The number of amides is 1. The summed E-state index contributed by atoms with van der Waals surface area (Å²) in [5, 5.41) is 3.20. The molecule has 0 atom stereocenters. The number of anilines is 1. The average Bonchev–Trinajstić information content (AvgIpc) is 2.47. The van der Waals surface area contributed by atoms with E-state index in [2.05, 4.69) is 15.3 Å². The molecule has 0 aliphatic heterocycles. The molecule has 2 rings (SSSR count). The highest BCUT2D eigenvalue weighted by Crippen LogP contribution is 2.27. The SMILES string of the molecule is CCc1ncc(C(=O)Nc2ccc(OC)c(Cl)c2)c(C)n1. The summed E-state index contributed by atoms with van der Waals surface area (Å²) >= 11 is 6.03. The standard InChI is InChI=1S/C15H16ClN3O2/c1-4-14-17-8-11(9(2)18-14)15(20)19-10-5-6-13(21-3)12(16)7-10/h5-8H,4H2,1-3H3,(H,19,20). The number of halogens is 1. The fourth-order valence-electron chi connectivity index (χ4n) is 1.85. The summed E-state index contributed by atoms with van der Waals surface area (Å²) < 4.78 is 5.07. The summed E-state index contributed by atoms with van der Waals surface area (Å²) in [6, 6.07) is 5.05. The van der Waals surface area contributed by atoms with Gasteiger partial charge < -0.3 is 10.1 Å². The van der Waals surface area contributed by atoms with E-state index in [1.54, 1.807) is 31.3 Å². The first kappa shape index (κ1) is 15.3. The molecule has 0 fully saturated rings. The minimum atomic E-state index is -0.267. The van der Waals surface area contributed by atoms with Gasteiger partial charge >= 0.3 is 0 Å². The molecular weight excluding hydrogens is 290 g/mol. The molecule has 1 N–H and O–H groups in total. The summed E-state index contributed by atoms with van der Waals surface area (Å²) in [4.78, 5) is 20.7. The number of benzene rings is 1. The van der Waals surface area contributed by atoms with Gasteiger partial charge in [0.1, 0.15) is 11.6 Å². The van der Waals surface area contributed by atoms with Crippen LogP contribution in [-0.4, -0.2) is 23.0 Å². The molecule has 6 heteroatoms. The number of nitrogens with one attached hydrogen (secondary N) is 1. The van der Waals surface area contributed by atoms with Crippen molar-refractivity contribution in [1.82, 2.24) is 9.97 Å². The third-order valence-electron chi connectivity index (χ3n) is 3.00. The summed E-state index contributed by atoms with van der Waals surface area (Å²) in [6.07, 6.45) is 2.28. The minimum Gasteiger partial charge on any atom is -0.495 e. The number of ether oxygens (including phenoxy) is 1. The van der Waals surface area contributed by atoms with Crippen molar-refractivity contribution in [2.24, 2.45) is 0 Å². The number of hydrogen-bond donors (Lipinski definition) is 1. The first-order valence-corrected chi connectivity index (χ1v) is 6.90. The molecule has 5 nitrogen and oxygen atoms in total. The van der Waals surface area contributed by atoms with Gasteiger partial charge in [-0.25, -0.2) is 9.97 Å². The largest absolute Gasteiger partial charge is 0.495 e. The third kappa shape index (κ3) is 3.49. The molecule has 0 saturated heterocycles. The molecule has 1 amide bonds. The van der Waals surface area contributed by atoms with Gasteiger partial charge in [0.25, 0.3) is 5.91 Å². The van der Waals surface area contributed by atoms with Crippen LogP contribution >= 0.6 is 11.6 Å². The van der Waals surface area contributed by atoms with E-state index in [0.29, 0.717) is 27.7 Å². The highest BCUT2D eigenvalue weighted by Gasteiger charge is 2.12. The van der Waals surface area contributed by atoms with Crippen LogP contribution in [0.1, 0.15) is 28.8 Å². The van der Waals surface area contributed by atoms with Crippen LogP contribution in [0.5, 0.6) is 5.75 Å². The lowest BCUT2D eigenvalue weighted by atomic mass is 10.2. The van der Waals surface area contributed by atoms with Gasteiger partial charge in [-0.15, -0.1) is 0 Å². The minimum absolute atomic E-state index is 0.267. The van der Waals surface area contributed by atoms with Gasteiger partial charge in [0.2, 0.25) is 0 Å². The lowest BCUT2D eigenvalue weighted by Gasteiger charge is -2.09. The van der Waals surface area contributed by atoms with Crippen LogP contribution in [-0.2, 0) is 6.42 Å². The van der Waals surface area contributed by atoms with Gasteiger partial charge in [0, 0.05) is 18.3 Å². The maximum Gasteiger partial charge on any atom is 0.259 e. The molecule has 0 saturated carbocycles. The zero-order valence-corrected chi connectivity index (χ0v) is 12.9. The first-order valence-electron chi connectivity index (χ1n) is 6.52. The van der Waals surface area contributed by atoms with Gasteiger partial charge in [0.05, 0.1) is 23.4 Å². The van der Waals surface area contributed by atoms with E-state index >= 15 is 0 Å². The highest BCUT2D eigenvalue weighted by molar-refractivity contribution is 6.32. The molecule has 0 radical (unpaired) electrons. The van der Waals surface area contributed by atoms with E-state index in [0.717, 1.165) is 12.2 Å². The monoisotopic (exact) mass is 305 g/mol. The fraction of sp³-hybridized carbons (Fsp3) is 0.267. The lowest BCUT2D eigenvalue weighted by Crippen LogP contribution is -2.15. The summed E-state index contributed by atoms with van der Waals surface area (Å²) in [7, 11) is 1.54. The fourth-order valence-corrected chi connectivity index (χ4v) is 2.11. The molecule has 0 aliphatic carbocycles. The normalized spacial score (nSPS) is 10.3. The zero-order valence-electron chi connectivity index (χ0n) is 12.1. The van der Waals surface area contributed by atoms with E-state index < -0.39 is 0 Å². The average molecular weight is 306 g/mol. The van der Waals surface area contributed by atoms with Crippen molar-refractivity contribution >= 4 is 23.2 Å². The Morgan fingerprint density at radius 3 is 2.76 bits per heavy atom. The number of carbonyl (C=O) groups is 1. The maximum atomic E-state index is 12.2. The quantitative estimate of drug-likeness (QED) is 0.941. The molecule has 1 aromatic carbocycles. The van der Waals surface area contributed by atoms with Crippen LogP contribution in [0.2, 0.25) is 5.02 Å². The molecule has 0 aliphatic rings.